The molecule has 0 saturated heterocycles. The van der Waals surface area contributed by atoms with Crippen LogP contribution in [0.3, 0.4) is 0 Å². The van der Waals surface area contributed by atoms with Crippen LogP contribution in [0.5, 0.6) is 0 Å². The van der Waals surface area contributed by atoms with E-state index in [0.29, 0.717) is 13.1 Å². The Morgan fingerprint density at radius 1 is 1.50 bits per heavy atom. The van der Waals surface area contributed by atoms with Gasteiger partial charge in [0.15, 0.2) is 0 Å². The van der Waals surface area contributed by atoms with Crippen LogP contribution in [0.2, 0.25) is 0 Å². The van der Waals surface area contributed by atoms with Crippen molar-refractivity contribution in [3.05, 3.63) is 30.5 Å². The molecule has 0 aromatic rings. The van der Waals surface area contributed by atoms with Gasteiger partial charge >= 0.3 is 6.09 Å². The molecule has 0 rings (SSSR count). The van der Waals surface area contributed by atoms with Gasteiger partial charge in [-0.05, 0) is 33.3 Å². The molecule has 16 heavy (non-hydrogen) atoms. The summed E-state index contributed by atoms with van der Waals surface area (Å²) in [4.78, 5) is 13.4. The second kappa shape index (κ2) is 6.19. The monoisotopic (exact) mass is 223 g/mol. The summed E-state index contributed by atoms with van der Waals surface area (Å²) < 4.78 is 5.28. The largest absolute Gasteiger partial charge is 0.444 e. The van der Waals surface area contributed by atoms with Gasteiger partial charge in [0.1, 0.15) is 5.60 Å². The van der Waals surface area contributed by atoms with E-state index in [9.17, 15) is 4.79 Å². The normalized spacial score (nSPS) is 10.2. The Labute approximate surface area is 98.1 Å². The highest BCUT2D eigenvalue weighted by Crippen LogP contribution is 2.10. The molecule has 1 amide bonds. The minimum Gasteiger partial charge on any atom is -0.444 e. The van der Waals surface area contributed by atoms with Crippen LogP contribution in [-0.4, -0.2) is 29.7 Å². The lowest BCUT2D eigenvalue weighted by Gasteiger charge is -2.26. The molecule has 0 radical (unpaired) electrons. The van der Waals surface area contributed by atoms with Crippen molar-refractivity contribution in [1.29, 1.82) is 0 Å². The van der Waals surface area contributed by atoms with Gasteiger partial charge < -0.3 is 4.74 Å². The fourth-order valence-corrected chi connectivity index (χ4v) is 1.03. The zero-order chi connectivity index (χ0) is 12.8. The van der Waals surface area contributed by atoms with Gasteiger partial charge in [-0.3, -0.25) is 4.90 Å². The van der Waals surface area contributed by atoms with Crippen molar-refractivity contribution in [2.45, 2.75) is 33.3 Å². The number of hydrogen-bond donors (Lipinski definition) is 0. The highest BCUT2D eigenvalue weighted by molar-refractivity contribution is 5.68. The van der Waals surface area contributed by atoms with E-state index in [1.807, 2.05) is 27.7 Å². The Kier molecular flexibility index (Phi) is 5.62. The lowest BCUT2D eigenvalue weighted by Crippen LogP contribution is -2.37. The fraction of sp³-hybridized carbons (Fsp3) is 0.538. The highest BCUT2D eigenvalue weighted by Gasteiger charge is 2.21. The van der Waals surface area contributed by atoms with Gasteiger partial charge in [-0.1, -0.05) is 12.7 Å². The summed E-state index contributed by atoms with van der Waals surface area (Å²) in [6.07, 6.45) is 1.32. The highest BCUT2D eigenvalue weighted by atomic mass is 16.6. The van der Waals surface area contributed by atoms with Crippen LogP contribution in [0.4, 0.5) is 4.79 Å². The van der Waals surface area contributed by atoms with Crippen LogP contribution < -0.4 is 0 Å². The maximum atomic E-state index is 11.8. The first-order chi connectivity index (χ1) is 7.30. The molecular weight excluding hydrogens is 202 g/mol. The number of carbonyl (C=O) groups excluding carboxylic acids is 1. The van der Waals surface area contributed by atoms with Crippen molar-refractivity contribution in [3.8, 4) is 0 Å². The van der Waals surface area contributed by atoms with Crippen LogP contribution >= 0.6 is 0 Å². The van der Waals surface area contributed by atoms with E-state index in [-0.39, 0.29) is 6.09 Å². The zero-order valence-electron chi connectivity index (χ0n) is 10.7. The summed E-state index contributed by atoms with van der Waals surface area (Å²) in [7, 11) is 0. The average Bonchev–Trinajstić information content (AvgIpc) is 2.14. The Bertz CT molecular complexity index is 306. The molecule has 0 N–H and O–H groups in total. The van der Waals surface area contributed by atoms with E-state index in [4.69, 9.17) is 4.74 Å². The van der Waals surface area contributed by atoms with Gasteiger partial charge in [0.2, 0.25) is 0 Å². The third-order valence-electron chi connectivity index (χ3n) is 1.73. The predicted octanol–water partition coefficient (Wildman–Crippen LogP) is 3.14. The first-order valence-electron chi connectivity index (χ1n) is 5.24. The van der Waals surface area contributed by atoms with E-state index in [0.717, 1.165) is 5.57 Å². The third kappa shape index (κ3) is 6.10. The number of hydrogen-bond acceptors (Lipinski definition) is 2. The van der Waals surface area contributed by atoms with E-state index in [1.54, 1.807) is 11.0 Å². The molecule has 0 atom stereocenters. The molecule has 0 aromatic heterocycles. The van der Waals surface area contributed by atoms with Gasteiger partial charge in [-0.2, -0.15) is 0 Å². The second-order valence-corrected chi connectivity index (χ2v) is 4.61. The number of nitrogens with zero attached hydrogens (tertiary/aromatic N) is 1. The first kappa shape index (κ1) is 14.5. The smallest absolute Gasteiger partial charge is 0.410 e. The summed E-state index contributed by atoms with van der Waals surface area (Å²) in [6.45, 7) is 15.5. The molecule has 0 saturated carbocycles. The SMILES string of the molecule is C=C=C(C)CN(CC=C)C(=O)OC(C)(C)C. The van der Waals surface area contributed by atoms with Gasteiger partial charge in [-0.25, -0.2) is 4.79 Å². The summed E-state index contributed by atoms with van der Waals surface area (Å²) in [6, 6.07) is 0. The Morgan fingerprint density at radius 3 is 2.44 bits per heavy atom. The molecule has 0 aromatic carbocycles. The van der Waals surface area contributed by atoms with Crippen molar-refractivity contribution >= 4 is 6.09 Å². The van der Waals surface area contributed by atoms with E-state index < -0.39 is 5.60 Å². The molecule has 0 aliphatic carbocycles. The van der Waals surface area contributed by atoms with E-state index in [2.05, 4.69) is 18.9 Å². The van der Waals surface area contributed by atoms with E-state index >= 15 is 0 Å². The molecule has 0 unspecified atom stereocenters. The van der Waals surface area contributed by atoms with Crippen molar-refractivity contribution < 1.29 is 9.53 Å². The molecule has 0 fully saturated rings. The maximum Gasteiger partial charge on any atom is 0.410 e. The third-order valence-corrected chi connectivity index (χ3v) is 1.73. The van der Waals surface area contributed by atoms with Crippen molar-refractivity contribution in [2.24, 2.45) is 0 Å². The number of carbonyl (C=O) groups is 1. The quantitative estimate of drug-likeness (QED) is 0.541. The lowest BCUT2D eigenvalue weighted by molar-refractivity contribution is 0.0288. The summed E-state index contributed by atoms with van der Waals surface area (Å²) in [5, 5.41) is 0. The minimum atomic E-state index is -0.484. The predicted molar refractivity (Wildman–Crippen MR) is 66.3 cm³/mol. The second-order valence-electron chi connectivity index (χ2n) is 4.61. The fourth-order valence-electron chi connectivity index (χ4n) is 1.03. The molecule has 0 aliphatic heterocycles. The topological polar surface area (TPSA) is 29.5 Å². The number of ether oxygens (including phenoxy) is 1. The summed E-state index contributed by atoms with van der Waals surface area (Å²) in [5.74, 6) is 0. The lowest BCUT2D eigenvalue weighted by atomic mass is 10.2. The van der Waals surface area contributed by atoms with Gasteiger partial charge in [0.25, 0.3) is 0 Å². The van der Waals surface area contributed by atoms with Gasteiger partial charge in [0.05, 0.1) is 6.54 Å². The first-order valence-corrected chi connectivity index (χ1v) is 5.24. The molecule has 0 bridgehead atoms. The number of amides is 1. The maximum absolute atomic E-state index is 11.8. The van der Waals surface area contributed by atoms with Crippen LogP contribution in [0, 0.1) is 0 Å². The molecule has 3 heteroatoms. The van der Waals surface area contributed by atoms with Crippen molar-refractivity contribution in [3.63, 3.8) is 0 Å². The zero-order valence-corrected chi connectivity index (χ0v) is 10.7. The van der Waals surface area contributed by atoms with Crippen molar-refractivity contribution in [2.75, 3.05) is 13.1 Å². The minimum absolute atomic E-state index is 0.345. The molecule has 0 spiro atoms. The van der Waals surface area contributed by atoms with Crippen LogP contribution in [-0.2, 0) is 4.74 Å². The average molecular weight is 223 g/mol. The Balaban J connectivity index is 4.59. The van der Waals surface area contributed by atoms with Crippen molar-refractivity contribution in [1.82, 2.24) is 4.90 Å². The standard InChI is InChI=1S/C13H21NO2/c1-7-9-14(10-11(3)8-2)12(15)16-13(4,5)6/h7H,1-2,9-10H2,3-6H3. The summed E-state index contributed by atoms with van der Waals surface area (Å²) >= 11 is 0. The van der Waals surface area contributed by atoms with Gasteiger partial charge in [0, 0.05) is 6.54 Å². The molecule has 90 valence electrons. The summed E-state index contributed by atoms with van der Waals surface area (Å²) in [5.41, 5.74) is 3.17. The number of rotatable bonds is 4. The van der Waals surface area contributed by atoms with E-state index in [1.165, 1.54) is 0 Å². The van der Waals surface area contributed by atoms with Crippen LogP contribution in [0.1, 0.15) is 27.7 Å². The van der Waals surface area contributed by atoms with Crippen LogP contribution in [0.25, 0.3) is 0 Å². The molecular formula is C13H21NO2. The molecule has 0 heterocycles. The Morgan fingerprint density at radius 2 is 2.06 bits per heavy atom. The van der Waals surface area contributed by atoms with Crippen LogP contribution in [0.15, 0.2) is 30.5 Å². The Hall–Kier alpha value is -1.47. The molecule has 3 nitrogen and oxygen atoms in total. The molecule has 0 aliphatic rings. The van der Waals surface area contributed by atoms with Gasteiger partial charge in [-0.15, -0.1) is 12.3 Å².